The fourth-order valence-corrected chi connectivity index (χ4v) is 2.44. The Balaban J connectivity index is 2.23. The molecule has 1 aliphatic rings. The first-order valence-electron chi connectivity index (χ1n) is 6.14. The van der Waals surface area contributed by atoms with Crippen molar-refractivity contribution in [3.05, 3.63) is 40.6 Å². The van der Waals surface area contributed by atoms with Gasteiger partial charge in [0.15, 0.2) is 5.82 Å². The van der Waals surface area contributed by atoms with Gasteiger partial charge in [0.25, 0.3) is 0 Å². The summed E-state index contributed by atoms with van der Waals surface area (Å²) in [5.41, 5.74) is 5.01. The van der Waals surface area contributed by atoms with E-state index < -0.39 is 0 Å². The van der Waals surface area contributed by atoms with Gasteiger partial charge >= 0.3 is 0 Å². The molecule has 0 radical (unpaired) electrons. The minimum absolute atomic E-state index is 0.635. The van der Waals surface area contributed by atoms with Gasteiger partial charge in [0.1, 0.15) is 12.4 Å². The maximum atomic E-state index is 9.28. The molecule has 0 aromatic carbocycles. The molecule has 0 N–H and O–H groups in total. The van der Waals surface area contributed by atoms with E-state index in [-0.39, 0.29) is 0 Å². The number of pyridine rings is 1. The first-order valence-corrected chi connectivity index (χ1v) is 6.14. The molecule has 90 valence electrons. The van der Waals surface area contributed by atoms with Crippen molar-refractivity contribution in [1.82, 2.24) is 14.5 Å². The number of aromatic nitrogens is 3. The highest BCUT2D eigenvalue weighted by Crippen LogP contribution is 2.25. The zero-order chi connectivity index (χ0) is 12.7. The normalized spacial score (nSPS) is 13.4. The Morgan fingerprint density at radius 2 is 2.17 bits per heavy atom. The number of hydrogen-bond donors (Lipinski definition) is 0. The molecule has 4 nitrogen and oxygen atoms in total. The molecule has 0 unspecified atom stereocenters. The summed E-state index contributed by atoms with van der Waals surface area (Å²) in [5, 5.41) is 9.28. The van der Waals surface area contributed by atoms with Gasteiger partial charge in [-0.25, -0.2) is 9.97 Å². The molecule has 4 heteroatoms. The number of nitrogens with zero attached hydrogens (tertiary/aromatic N) is 4. The molecule has 3 rings (SSSR count). The lowest BCUT2D eigenvalue weighted by atomic mass is 10.1. The molecule has 0 atom stereocenters. The second-order valence-corrected chi connectivity index (χ2v) is 4.72. The van der Waals surface area contributed by atoms with E-state index in [9.17, 15) is 5.26 Å². The zero-order valence-corrected chi connectivity index (χ0v) is 10.6. The number of aryl methyl sites for hydroxylation is 3. The predicted octanol–water partition coefficient (Wildman–Crippen LogP) is 2.24. The number of imidazole rings is 1. The molecule has 2 aromatic rings. The van der Waals surface area contributed by atoms with E-state index >= 15 is 0 Å². The van der Waals surface area contributed by atoms with E-state index in [2.05, 4.69) is 16.0 Å². The molecule has 0 saturated heterocycles. The highest BCUT2D eigenvalue weighted by Gasteiger charge is 2.18. The maximum Gasteiger partial charge on any atom is 0.156 e. The molecule has 0 saturated carbocycles. The average molecular weight is 238 g/mol. The van der Waals surface area contributed by atoms with Crippen LogP contribution in [-0.2, 0) is 12.8 Å². The Labute approximate surface area is 106 Å². The Morgan fingerprint density at radius 3 is 2.83 bits per heavy atom. The summed E-state index contributed by atoms with van der Waals surface area (Å²) in [6.07, 6.45) is 4.94. The highest BCUT2D eigenvalue weighted by molar-refractivity contribution is 5.49. The van der Waals surface area contributed by atoms with Gasteiger partial charge < -0.3 is 0 Å². The van der Waals surface area contributed by atoms with Gasteiger partial charge in [0.2, 0.25) is 0 Å². The summed E-state index contributed by atoms with van der Waals surface area (Å²) in [6.45, 7) is 3.96. The molecular formula is C14H14N4. The topological polar surface area (TPSA) is 54.5 Å². The molecular weight excluding hydrogens is 224 g/mol. The van der Waals surface area contributed by atoms with Gasteiger partial charge in [-0.15, -0.1) is 0 Å². The molecule has 2 aromatic heterocycles. The van der Waals surface area contributed by atoms with Gasteiger partial charge in [0.05, 0.1) is 11.3 Å². The van der Waals surface area contributed by atoms with Crippen molar-refractivity contribution in [3.63, 3.8) is 0 Å². The third-order valence-electron chi connectivity index (χ3n) is 3.63. The Hall–Kier alpha value is -2.15. The largest absolute Gasteiger partial charge is 0.286 e. The standard InChI is InChI=1S/C14H14N4/c1-9-10(2)18(8-16-9)14-12(7-15)6-11-4-3-5-13(11)17-14/h6,8H,3-5H2,1-2H3. The lowest BCUT2D eigenvalue weighted by molar-refractivity contribution is 0.884. The number of nitriles is 1. The van der Waals surface area contributed by atoms with E-state index in [4.69, 9.17) is 0 Å². The summed E-state index contributed by atoms with van der Waals surface area (Å²) in [4.78, 5) is 8.94. The third-order valence-corrected chi connectivity index (χ3v) is 3.63. The van der Waals surface area contributed by atoms with Crippen molar-refractivity contribution >= 4 is 0 Å². The zero-order valence-electron chi connectivity index (χ0n) is 10.6. The number of hydrogen-bond acceptors (Lipinski definition) is 3. The van der Waals surface area contributed by atoms with Gasteiger partial charge in [-0.2, -0.15) is 5.26 Å². The molecule has 0 aliphatic heterocycles. The maximum absolute atomic E-state index is 9.28. The average Bonchev–Trinajstić information content (AvgIpc) is 2.95. The van der Waals surface area contributed by atoms with Gasteiger partial charge in [0, 0.05) is 11.4 Å². The quantitative estimate of drug-likeness (QED) is 0.765. The van der Waals surface area contributed by atoms with Crippen LogP contribution in [-0.4, -0.2) is 14.5 Å². The molecule has 18 heavy (non-hydrogen) atoms. The van der Waals surface area contributed by atoms with Crippen molar-refractivity contribution in [2.24, 2.45) is 0 Å². The second-order valence-electron chi connectivity index (χ2n) is 4.72. The summed E-state index contributed by atoms with van der Waals surface area (Å²) < 4.78 is 1.91. The first-order chi connectivity index (χ1) is 8.70. The van der Waals surface area contributed by atoms with E-state index in [0.717, 1.165) is 42.2 Å². The summed E-state index contributed by atoms with van der Waals surface area (Å²) in [5.74, 6) is 0.719. The first kappa shape index (κ1) is 11.0. The number of rotatable bonds is 1. The van der Waals surface area contributed by atoms with Crippen LogP contribution in [0.4, 0.5) is 0 Å². The monoisotopic (exact) mass is 238 g/mol. The minimum atomic E-state index is 0.635. The molecule has 0 fully saturated rings. The SMILES string of the molecule is Cc1ncn(-c2nc3c(cc2C#N)CCC3)c1C. The smallest absolute Gasteiger partial charge is 0.156 e. The predicted molar refractivity (Wildman–Crippen MR) is 67.6 cm³/mol. The summed E-state index contributed by atoms with van der Waals surface area (Å²) in [6, 6.07) is 4.23. The van der Waals surface area contributed by atoms with Crippen molar-refractivity contribution in [3.8, 4) is 11.9 Å². The fourth-order valence-electron chi connectivity index (χ4n) is 2.44. The minimum Gasteiger partial charge on any atom is -0.286 e. The van der Waals surface area contributed by atoms with E-state index in [1.165, 1.54) is 5.56 Å². The van der Waals surface area contributed by atoms with Gasteiger partial charge in [-0.05, 0) is 44.7 Å². The molecule has 1 aliphatic carbocycles. The Bertz CT molecular complexity index is 661. The number of fused-ring (bicyclic) bond motifs is 1. The van der Waals surface area contributed by atoms with E-state index in [0.29, 0.717) is 5.56 Å². The summed E-state index contributed by atoms with van der Waals surface area (Å²) in [7, 11) is 0. The Kier molecular flexibility index (Phi) is 2.41. The van der Waals surface area contributed by atoms with Crippen LogP contribution in [0.2, 0.25) is 0 Å². The molecule has 0 bridgehead atoms. The fraction of sp³-hybridized carbons (Fsp3) is 0.357. The molecule has 2 heterocycles. The van der Waals surface area contributed by atoms with Crippen molar-refractivity contribution in [2.75, 3.05) is 0 Å². The van der Waals surface area contributed by atoms with Crippen LogP contribution >= 0.6 is 0 Å². The lowest BCUT2D eigenvalue weighted by Gasteiger charge is -2.09. The van der Waals surface area contributed by atoms with E-state index in [1.807, 2.05) is 24.5 Å². The molecule has 0 amide bonds. The van der Waals surface area contributed by atoms with Crippen molar-refractivity contribution in [1.29, 1.82) is 5.26 Å². The van der Waals surface area contributed by atoms with Gasteiger partial charge in [-0.3, -0.25) is 4.57 Å². The Morgan fingerprint density at radius 1 is 1.33 bits per heavy atom. The van der Waals surface area contributed by atoms with Crippen LogP contribution in [0.25, 0.3) is 5.82 Å². The van der Waals surface area contributed by atoms with Crippen LogP contribution in [0.1, 0.15) is 34.6 Å². The van der Waals surface area contributed by atoms with Crippen LogP contribution in [0.15, 0.2) is 12.4 Å². The van der Waals surface area contributed by atoms with Gasteiger partial charge in [-0.1, -0.05) is 0 Å². The third kappa shape index (κ3) is 1.52. The van der Waals surface area contributed by atoms with Crippen LogP contribution in [0, 0.1) is 25.2 Å². The van der Waals surface area contributed by atoms with Crippen LogP contribution < -0.4 is 0 Å². The molecule has 0 spiro atoms. The lowest BCUT2D eigenvalue weighted by Crippen LogP contribution is -2.05. The van der Waals surface area contributed by atoms with Crippen molar-refractivity contribution in [2.45, 2.75) is 33.1 Å². The van der Waals surface area contributed by atoms with Crippen molar-refractivity contribution < 1.29 is 0 Å². The van der Waals surface area contributed by atoms with Crippen LogP contribution in [0.5, 0.6) is 0 Å². The van der Waals surface area contributed by atoms with Crippen LogP contribution in [0.3, 0.4) is 0 Å². The van der Waals surface area contributed by atoms with E-state index in [1.54, 1.807) is 6.33 Å². The summed E-state index contributed by atoms with van der Waals surface area (Å²) >= 11 is 0. The highest BCUT2D eigenvalue weighted by atomic mass is 15.1. The second kappa shape index (κ2) is 3.95.